The van der Waals surface area contributed by atoms with E-state index in [-0.39, 0.29) is 17.6 Å². The predicted molar refractivity (Wildman–Crippen MR) is 98.8 cm³/mol. The number of hydrogen-bond donors (Lipinski definition) is 2. The van der Waals surface area contributed by atoms with Crippen LogP contribution < -0.4 is 5.32 Å². The number of aromatic amines is 1. The molecule has 0 atom stereocenters. The van der Waals surface area contributed by atoms with Crippen molar-refractivity contribution in [1.82, 2.24) is 10.2 Å². The molecule has 4 rings (SSSR count). The van der Waals surface area contributed by atoms with Crippen molar-refractivity contribution in [2.75, 3.05) is 11.9 Å². The molecule has 138 valence electrons. The van der Waals surface area contributed by atoms with Crippen LogP contribution in [0.4, 0.5) is 5.69 Å². The summed E-state index contributed by atoms with van der Waals surface area (Å²) in [5.41, 5.74) is 4.78. The van der Waals surface area contributed by atoms with Gasteiger partial charge in [-0.2, -0.15) is 5.10 Å². The molecule has 1 aromatic carbocycles. The largest absolute Gasteiger partial charge is 0.462 e. The number of fused-ring (bicyclic) bond motifs is 3. The number of H-pyrrole nitrogens is 1. The van der Waals surface area contributed by atoms with Crippen LogP contribution >= 0.6 is 0 Å². The second kappa shape index (κ2) is 6.75. The molecule has 3 aromatic rings. The minimum Gasteiger partial charge on any atom is -0.462 e. The van der Waals surface area contributed by atoms with Gasteiger partial charge in [0.05, 0.1) is 24.1 Å². The number of nitrogens with zero attached hydrogens (tertiary/aromatic N) is 1. The molecule has 0 radical (unpaired) electrons. The molecule has 1 amide bonds. The van der Waals surface area contributed by atoms with Crippen LogP contribution in [0.1, 0.15) is 44.7 Å². The summed E-state index contributed by atoms with van der Waals surface area (Å²) < 4.78 is 10.8. The highest BCUT2D eigenvalue weighted by Crippen LogP contribution is 2.37. The van der Waals surface area contributed by atoms with Crippen LogP contribution in [0.25, 0.3) is 11.3 Å². The lowest BCUT2D eigenvalue weighted by Crippen LogP contribution is -2.12. The van der Waals surface area contributed by atoms with Crippen molar-refractivity contribution in [3.63, 3.8) is 0 Å². The van der Waals surface area contributed by atoms with E-state index in [4.69, 9.17) is 9.15 Å². The first-order valence-corrected chi connectivity index (χ1v) is 8.82. The van der Waals surface area contributed by atoms with E-state index in [1.807, 2.05) is 13.1 Å². The van der Waals surface area contributed by atoms with Crippen molar-refractivity contribution in [1.29, 1.82) is 0 Å². The van der Waals surface area contributed by atoms with Gasteiger partial charge in [-0.3, -0.25) is 9.89 Å². The van der Waals surface area contributed by atoms with Crippen LogP contribution in [-0.4, -0.2) is 28.7 Å². The van der Waals surface area contributed by atoms with Crippen LogP contribution in [0, 0.1) is 6.92 Å². The zero-order chi connectivity index (χ0) is 19.0. The third kappa shape index (κ3) is 3.01. The average Bonchev–Trinajstić information content (AvgIpc) is 3.26. The van der Waals surface area contributed by atoms with E-state index in [1.165, 1.54) is 0 Å². The first-order valence-electron chi connectivity index (χ1n) is 8.82. The maximum atomic E-state index is 12.7. The summed E-state index contributed by atoms with van der Waals surface area (Å²) >= 11 is 0. The zero-order valence-electron chi connectivity index (χ0n) is 15.1. The van der Waals surface area contributed by atoms with Crippen LogP contribution in [-0.2, 0) is 17.6 Å². The molecule has 2 N–H and O–H groups in total. The lowest BCUT2D eigenvalue weighted by Gasteiger charge is -2.09. The smallest absolute Gasteiger partial charge is 0.338 e. The first-order chi connectivity index (χ1) is 13.1. The predicted octanol–water partition coefficient (Wildman–Crippen LogP) is 3.51. The molecule has 27 heavy (non-hydrogen) atoms. The van der Waals surface area contributed by atoms with Gasteiger partial charge < -0.3 is 14.5 Å². The van der Waals surface area contributed by atoms with E-state index < -0.39 is 0 Å². The van der Waals surface area contributed by atoms with E-state index in [0.717, 1.165) is 41.0 Å². The summed E-state index contributed by atoms with van der Waals surface area (Å²) in [6.07, 6.45) is 3.39. The summed E-state index contributed by atoms with van der Waals surface area (Å²) in [5.74, 6) is 0.371. The third-order valence-electron chi connectivity index (χ3n) is 4.67. The molecule has 0 spiro atoms. The minimum atomic E-state index is -0.389. The molecule has 7 heteroatoms. The van der Waals surface area contributed by atoms with E-state index in [1.54, 1.807) is 31.2 Å². The number of furan rings is 1. The maximum Gasteiger partial charge on any atom is 0.338 e. The normalized spacial score (nSPS) is 12.2. The fraction of sp³-hybridized carbons (Fsp3) is 0.250. The van der Waals surface area contributed by atoms with Gasteiger partial charge in [0.25, 0.3) is 5.91 Å². The summed E-state index contributed by atoms with van der Waals surface area (Å²) in [4.78, 5) is 24.4. The summed E-state index contributed by atoms with van der Waals surface area (Å²) in [6, 6.07) is 6.56. The molecule has 2 heterocycles. The molecule has 0 fully saturated rings. The highest BCUT2D eigenvalue weighted by Gasteiger charge is 2.28. The third-order valence-corrected chi connectivity index (χ3v) is 4.67. The molecule has 0 saturated heterocycles. The number of amides is 1. The summed E-state index contributed by atoms with van der Waals surface area (Å²) in [5, 5.41) is 9.91. The van der Waals surface area contributed by atoms with Gasteiger partial charge >= 0.3 is 5.97 Å². The molecule has 0 bridgehead atoms. The number of rotatable bonds is 4. The second-order valence-corrected chi connectivity index (χ2v) is 6.38. The summed E-state index contributed by atoms with van der Waals surface area (Å²) in [6.45, 7) is 3.94. The lowest BCUT2D eigenvalue weighted by molar-refractivity contribution is 0.0526. The lowest BCUT2D eigenvalue weighted by atomic mass is 9.93. The van der Waals surface area contributed by atoms with Gasteiger partial charge in [0, 0.05) is 23.2 Å². The van der Waals surface area contributed by atoms with E-state index in [2.05, 4.69) is 15.5 Å². The Balaban J connectivity index is 1.56. The fourth-order valence-corrected chi connectivity index (χ4v) is 3.35. The van der Waals surface area contributed by atoms with Crippen molar-refractivity contribution >= 4 is 17.6 Å². The quantitative estimate of drug-likeness (QED) is 0.690. The van der Waals surface area contributed by atoms with E-state index >= 15 is 0 Å². The van der Waals surface area contributed by atoms with Crippen LogP contribution in [0.15, 0.2) is 34.9 Å². The molecule has 2 aromatic heterocycles. The number of aryl methyl sites for hydroxylation is 2. The standard InChI is InChI=1S/C20H19N3O4/c1-3-26-20(25)12-4-7-14(8-5-12)22-19(24)18-11(2)16-15(27-18)9-6-13-10-21-23-17(13)16/h4-5,7-8,10H,3,6,9H2,1-2H3,(H,21,23)(H,22,24). The number of carbonyl (C=O) groups is 2. The molecular weight excluding hydrogens is 346 g/mol. The molecule has 0 unspecified atom stereocenters. The Morgan fingerprint density at radius 3 is 2.78 bits per heavy atom. The molecule has 7 nitrogen and oxygen atoms in total. The van der Waals surface area contributed by atoms with Gasteiger partial charge in [-0.05, 0) is 50.1 Å². The number of aromatic nitrogens is 2. The number of carbonyl (C=O) groups excluding carboxylic acids is 2. The Morgan fingerprint density at radius 2 is 2.04 bits per heavy atom. The molecular formula is C20H19N3O4. The van der Waals surface area contributed by atoms with Crippen LogP contribution in [0.3, 0.4) is 0 Å². The van der Waals surface area contributed by atoms with Gasteiger partial charge in [0.1, 0.15) is 5.76 Å². The van der Waals surface area contributed by atoms with Crippen molar-refractivity contribution < 1.29 is 18.7 Å². The topological polar surface area (TPSA) is 97.2 Å². The number of benzene rings is 1. The molecule has 0 saturated carbocycles. The number of nitrogens with one attached hydrogen (secondary N) is 2. The van der Waals surface area contributed by atoms with Gasteiger partial charge in [0.2, 0.25) is 0 Å². The zero-order valence-corrected chi connectivity index (χ0v) is 15.1. The van der Waals surface area contributed by atoms with Gasteiger partial charge in [0.15, 0.2) is 5.76 Å². The highest BCUT2D eigenvalue weighted by atomic mass is 16.5. The average molecular weight is 365 g/mol. The Morgan fingerprint density at radius 1 is 1.26 bits per heavy atom. The molecule has 0 aliphatic heterocycles. The van der Waals surface area contributed by atoms with Gasteiger partial charge in [-0.25, -0.2) is 4.79 Å². The van der Waals surface area contributed by atoms with E-state index in [0.29, 0.717) is 17.9 Å². The number of esters is 1. The Hall–Kier alpha value is -3.35. The van der Waals surface area contributed by atoms with Crippen LogP contribution in [0.5, 0.6) is 0 Å². The fourth-order valence-electron chi connectivity index (χ4n) is 3.35. The Bertz CT molecular complexity index is 1010. The monoisotopic (exact) mass is 365 g/mol. The Kier molecular flexibility index (Phi) is 4.27. The Labute approximate surface area is 155 Å². The second-order valence-electron chi connectivity index (χ2n) is 6.38. The van der Waals surface area contributed by atoms with Crippen molar-refractivity contribution in [2.45, 2.75) is 26.7 Å². The molecule has 1 aliphatic rings. The van der Waals surface area contributed by atoms with Crippen LogP contribution in [0.2, 0.25) is 0 Å². The van der Waals surface area contributed by atoms with Gasteiger partial charge in [-0.1, -0.05) is 0 Å². The minimum absolute atomic E-state index is 0.289. The van der Waals surface area contributed by atoms with E-state index in [9.17, 15) is 9.59 Å². The maximum absolute atomic E-state index is 12.7. The molecule has 1 aliphatic carbocycles. The van der Waals surface area contributed by atoms with Gasteiger partial charge in [-0.15, -0.1) is 0 Å². The van der Waals surface area contributed by atoms with Crippen molar-refractivity contribution in [3.8, 4) is 11.3 Å². The highest BCUT2D eigenvalue weighted by molar-refractivity contribution is 6.04. The van der Waals surface area contributed by atoms with Crippen molar-refractivity contribution in [2.24, 2.45) is 0 Å². The summed E-state index contributed by atoms with van der Waals surface area (Å²) in [7, 11) is 0. The number of ether oxygens (including phenoxy) is 1. The number of hydrogen-bond acceptors (Lipinski definition) is 5. The number of anilines is 1. The SMILES string of the molecule is CCOC(=O)c1ccc(NC(=O)c2oc3c(c2C)-c2[nH]ncc2CC3)cc1. The first kappa shape index (κ1) is 17.1. The van der Waals surface area contributed by atoms with Crippen molar-refractivity contribution in [3.05, 3.63) is 58.7 Å².